The number of rotatable bonds is 6. The normalized spacial score (nSPS) is 24.8. The number of carbonyl (C=O) groups is 3. The van der Waals surface area contributed by atoms with E-state index in [2.05, 4.69) is 23.9 Å². The molecule has 1 N–H and O–H groups in total. The molecule has 124 valence electrons. The maximum atomic E-state index is 11.8. The molecular formula is C16H25NO5. The highest BCUT2D eigenvalue weighted by Gasteiger charge is 2.28. The highest BCUT2D eigenvalue weighted by molar-refractivity contribution is 5.92. The molecule has 0 bridgehead atoms. The van der Waals surface area contributed by atoms with Gasteiger partial charge >= 0.3 is 11.9 Å². The summed E-state index contributed by atoms with van der Waals surface area (Å²) < 4.78 is 9.42. The first-order valence-electron chi connectivity index (χ1n) is 7.75. The predicted octanol–water partition coefficient (Wildman–Crippen LogP) is 1.59. The van der Waals surface area contributed by atoms with Crippen molar-refractivity contribution in [3.8, 4) is 0 Å². The van der Waals surface area contributed by atoms with Crippen LogP contribution in [0, 0.1) is 11.8 Å². The van der Waals surface area contributed by atoms with Crippen LogP contribution in [-0.4, -0.2) is 37.1 Å². The van der Waals surface area contributed by atoms with Crippen LogP contribution in [0.4, 0.5) is 0 Å². The Morgan fingerprint density at radius 2 is 1.73 bits per heavy atom. The van der Waals surface area contributed by atoms with Gasteiger partial charge in [0.2, 0.25) is 0 Å². The maximum Gasteiger partial charge on any atom is 0.331 e. The van der Waals surface area contributed by atoms with E-state index in [4.69, 9.17) is 4.74 Å². The van der Waals surface area contributed by atoms with E-state index in [1.165, 1.54) is 6.42 Å². The molecule has 0 aromatic carbocycles. The lowest BCUT2D eigenvalue weighted by atomic mass is 9.78. The molecule has 1 aliphatic rings. The molecule has 3 atom stereocenters. The molecule has 3 unspecified atom stereocenters. The van der Waals surface area contributed by atoms with Gasteiger partial charge in [-0.05, 0) is 25.2 Å². The van der Waals surface area contributed by atoms with E-state index < -0.39 is 11.9 Å². The van der Waals surface area contributed by atoms with Crippen molar-refractivity contribution >= 4 is 17.8 Å². The van der Waals surface area contributed by atoms with E-state index in [9.17, 15) is 14.4 Å². The average molecular weight is 311 g/mol. The van der Waals surface area contributed by atoms with Crippen LogP contribution in [0.15, 0.2) is 12.2 Å². The van der Waals surface area contributed by atoms with Crippen LogP contribution in [0.2, 0.25) is 0 Å². The molecule has 0 aromatic rings. The number of ether oxygens (including phenoxy) is 2. The predicted molar refractivity (Wildman–Crippen MR) is 80.8 cm³/mol. The molecule has 0 aliphatic heterocycles. The lowest BCUT2D eigenvalue weighted by Crippen LogP contribution is -2.45. The Labute approximate surface area is 131 Å². The number of esters is 2. The van der Waals surface area contributed by atoms with Gasteiger partial charge < -0.3 is 14.8 Å². The molecule has 0 aromatic heterocycles. The van der Waals surface area contributed by atoms with Crippen molar-refractivity contribution in [2.45, 2.75) is 46.1 Å². The van der Waals surface area contributed by atoms with Gasteiger partial charge in [0.15, 0.2) is 6.61 Å². The van der Waals surface area contributed by atoms with Crippen molar-refractivity contribution in [3.05, 3.63) is 12.2 Å². The van der Waals surface area contributed by atoms with Gasteiger partial charge in [-0.25, -0.2) is 9.59 Å². The van der Waals surface area contributed by atoms with Crippen LogP contribution < -0.4 is 5.32 Å². The summed E-state index contributed by atoms with van der Waals surface area (Å²) in [4.78, 5) is 34.2. The van der Waals surface area contributed by atoms with Gasteiger partial charge in [-0.2, -0.15) is 0 Å². The minimum Gasteiger partial charge on any atom is -0.463 e. The Bertz CT molecular complexity index is 432. The largest absolute Gasteiger partial charge is 0.463 e. The summed E-state index contributed by atoms with van der Waals surface area (Å²) in [5.74, 6) is -0.683. The third-order valence-corrected chi connectivity index (χ3v) is 4.04. The van der Waals surface area contributed by atoms with Crippen LogP contribution >= 0.6 is 0 Å². The Hall–Kier alpha value is -1.85. The monoisotopic (exact) mass is 311 g/mol. The zero-order valence-electron chi connectivity index (χ0n) is 13.5. The summed E-state index contributed by atoms with van der Waals surface area (Å²) >= 11 is 0. The molecule has 0 spiro atoms. The lowest BCUT2D eigenvalue weighted by molar-refractivity contribution is -0.144. The van der Waals surface area contributed by atoms with Crippen LogP contribution in [0.1, 0.15) is 40.0 Å². The van der Waals surface area contributed by atoms with E-state index in [0.29, 0.717) is 11.8 Å². The van der Waals surface area contributed by atoms with Crippen molar-refractivity contribution < 1.29 is 23.9 Å². The minimum absolute atomic E-state index is 0.130. The summed E-state index contributed by atoms with van der Waals surface area (Å²) in [5, 5.41) is 2.91. The molecule has 1 aliphatic carbocycles. The van der Waals surface area contributed by atoms with Gasteiger partial charge in [-0.3, -0.25) is 4.79 Å². The quantitative estimate of drug-likeness (QED) is 0.595. The zero-order valence-corrected chi connectivity index (χ0v) is 13.5. The summed E-state index contributed by atoms with van der Waals surface area (Å²) in [6.45, 7) is 5.87. The van der Waals surface area contributed by atoms with Crippen molar-refractivity contribution in [3.63, 3.8) is 0 Å². The molecule has 0 heterocycles. The molecule has 6 heteroatoms. The smallest absolute Gasteiger partial charge is 0.331 e. The molecule has 1 fully saturated rings. The fourth-order valence-electron chi connectivity index (χ4n) is 2.55. The summed E-state index contributed by atoms with van der Waals surface area (Å²) in [6, 6.07) is 0.130. The fraction of sp³-hybridized carbons (Fsp3) is 0.688. The first-order valence-corrected chi connectivity index (χ1v) is 7.75. The van der Waals surface area contributed by atoms with Gasteiger partial charge in [0.1, 0.15) is 0 Å². The minimum atomic E-state index is -0.742. The maximum absolute atomic E-state index is 11.8. The van der Waals surface area contributed by atoms with Crippen LogP contribution in [0.5, 0.6) is 0 Å². The van der Waals surface area contributed by atoms with Gasteiger partial charge in [-0.15, -0.1) is 0 Å². The standard InChI is InChI=1S/C16H25NO5/c1-4-21-15(19)8-9-16(20)22-10-14(18)17-13-7-5-6-11(2)12(13)3/h8-9,11-13H,4-7,10H2,1-3H3,(H,17,18)/b9-8+. The second-order valence-corrected chi connectivity index (χ2v) is 5.63. The SMILES string of the molecule is CCOC(=O)/C=C/C(=O)OCC(=O)NC1CCCC(C)C1C. The van der Waals surface area contributed by atoms with Crippen LogP contribution in [0.3, 0.4) is 0 Å². The van der Waals surface area contributed by atoms with E-state index in [-0.39, 0.29) is 25.2 Å². The van der Waals surface area contributed by atoms with Gasteiger partial charge in [0, 0.05) is 18.2 Å². The van der Waals surface area contributed by atoms with E-state index >= 15 is 0 Å². The Kier molecular flexibility index (Phi) is 7.63. The van der Waals surface area contributed by atoms with E-state index in [0.717, 1.165) is 25.0 Å². The lowest BCUT2D eigenvalue weighted by Gasteiger charge is -2.34. The number of amides is 1. The van der Waals surface area contributed by atoms with Gasteiger partial charge in [-0.1, -0.05) is 26.7 Å². The van der Waals surface area contributed by atoms with Gasteiger partial charge in [0.05, 0.1) is 6.61 Å². The second kappa shape index (κ2) is 9.23. The third kappa shape index (κ3) is 6.28. The molecule has 1 saturated carbocycles. The molecule has 0 saturated heterocycles. The molecule has 0 radical (unpaired) electrons. The van der Waals surface area contributed by atoms with Crippen LogP contribution in [-0.2, 0) is 23.9 Å². The Balaban J connectivity index is 2.30. The average Bonchev–Trinajstić information content (AvgIpc) is 2.48. The van der Waals surface area contributed by atoms with E-state index in [1.807, 2.05) is 0 Å². The highest BCUT2D eigenvalue weighted by Crippen LogP contribution is 2.29. The topological polar surface area (TPSA) is 81.7 Å². The molecule has 1 rings (SSSR count). The second-order valence-electron chi connectivity index (χ2n) is 5.63. The van der Waals surface area contributed by atoms with Gasteiger partial charge in [0.25, 0.3) is 5.91 Å². The molecule has 22 heavy (non-hydrogen) atoms. The van der Waals surface area contributed by atoms with E-state index in [1.54, 1.807) is 6.92 Å². The summed E-state index contributed by atoms with van der Waals surface area (Å²) in [7, 11) is 0. The molecular weight excluding hydrogens is 286 g/mol. The molecule has 6 nitrogen and oxygen atoms in total. The third-order valence-electron chi connectivity index (χ3n) is 4.04. The Morgan fingerprint density at radius 1 is 1.09 bits per heavy atom. The first kappa shape index (κ1) is 18.2. The summed E-state index contributed by atoms with van der Waals surface area (Å²) in [5.41, 5.74) is 0. The number of nitrogens with one attached hydrogen (secondary N) is 1. The van der Waals surface area contributed by atoms with Crippen molar-refractivity contribution in [2.75, 3.05) is 13.2 Å². The molecule has 1 amide bonds. The van der Waals surface area contributed by atoms with Crippen molar-refractivity contribution in [1.29, 1.82) is 0 Å². The zero-order chi connectivity index (χ0) is 16.5. The van der Waals surface area contributed by atoms with Crippen molar-refractivity contribution in [1.82, 2.24) is 5.32 Å². The number of carbonyl (C=O) groups excluding carboxylic acids is 3. The summed E-state index contributed by atoms with van der Waals surface area (Å²) in [6.07, 6.45) is 5.17. The van der Waals surface area contributed by atoms with Crippen LogP contribution in [0.25, 0.3) is 0 Å². The first-order chi connectivity index (χ1) is 10.4. The fourth-order valence-corrected chi connectivity index (χ4v) is 2.55. The highest BCUT2D eigenvalue weighted by atomic mass is 16.5. The number of hydrogen-bond donors (Lipinski definition) is 1. The van der Waals surface area contributed by atoms with Crippen molar-refractivity contribution in [2.24, 2.45) is 11.8 Å². The number of hydrogen-bond acceptors (Lipinski definition) is 5. The Morgan fingerprint density at radius 3 is 2.36 bits per heavy atom.